The van der Waals surface area contributed by atoms with Gasteiger partial charge in [0.1, 0.15) is 11.8 Å². The molecule has 25 heavy (non-hydrogen) atoms. The van der Waals surface area contributed by atoms with Crippen LogP contribution in [0.5, 0.6) is 0 Å². The third-order valence-corrected chi connectivity index (χ3v) is 4.31. The molecule has 1 aliphatic heterocycles. The third-order valence-electron chi connectivity index (χ3n) is 4.31. The first-order valence-electron chi connectivity index (χ1n) is 8.15. The molecule has 132 valence electrons. The SMILES string of the molecule is CC(=O)C/C(C(=O)c1ccccc1)=C(/C)C(=O)N1CCC[C@H]1C(=O)O. The number of Topliss-reactive ketones (excluding diaryl/α,β-unsaturated/α-hetero) is 2. The van der Waals surface area contributed by atoms with Crippen molar-refractivity contribution in [3.05, 3.63) is 47.0 Å². The summed E-state index contributed by atoms with van der Waals surface area (Å²) < 4.78 is 0. The van der Waals surface area contributed by atoms with Crippen molar-refractivity contribution in [1.82, 2.24) is 4.90 Å². The maximum atomic E-state index is 12.8. The molecule has 0 spiro atoms. The van der Waals surface area contributed by atoms with Gasteiger partial charge >= 0.3 is 5.97 Å². The molecule has 1 aromatic carbocycles. The van der Waals surface area contributed by atoms with E-state index in [1.165, 1.54) is 18.7 Å². The Morgan fingerprint density at radius 3 is 2.32 bits per heavy atom. The van der Waals surface area contributed by atoms with Gasteiger partial charge in [0.05, 0.1) is 0 Å². The average molecular weight is 343 g/mol. The topological polar surface area (TPSA) is 91.8 Å². The van der Waals surface area contributed by atoms with Crippen molar-refractivity contribution in [2.75, 3.05) is 6.54 Å². The fourth-order valence-electron chi connectivity index (χ4n) is 3.01. The maximum Gasteiger partial charge on any atom is 0.326 e. The Balaban J connectivity index is 2.40. The number of carbonyl (C=O) groups excluding carboxylic acids is 3. The van der Waals surface area contributed by atoms with Crippen molar-refractivity contribution in [2.45, 2.75) is 39.2 Å². The predicted octanol–water partition coefficient (Wildman–Crippen LogP) is 2.24. The molecule has 1 heterocycles. The molecule has 1 N–H and O–H groups in total. The van der Waals surface area contributed by atoms with E-state index in [0.717, 1.165) is 0 Å². The van der Waals surface area contributed by atoms with E-state index in [-0.39, 0.29) is 29.1 Å². The van der Waals surface area contributed by atoms with Crippen LogP contribution in [-0.4, -0.2) is 46.0 Å². The second kappa shape index (κ2) is 7.88. The van der Waals surface area contributed by atoms with Gasteiger partial charge in [-0.05, 0) is 26.7 Å². The summed E-state index contributed by atoms with van der Waals surface area (Å²) in [6.07, 6.45) is 0.838. The number of carbonyl (C=O) groups is 4. The largest absolute Gasteiger partial charge is 0.480 e. The van der Waals surface area contributed by atoms with Gasteiger partial charge in [0.25, 0.3) is 5.91 Å². The van der Waals surface area contributed by atoms with Crippen LogP contribution in [-0.2, 0) is 14.4 Å². The second-order valence-electron chi connectivity index (χ2n) is 6.17. The number of likely N-dealkylation sites (tertiary alicyclic amines) is 1. The van der Waals surface area contributed by atoms with Crippen molar-refractivity contribution in [3.63, 3.8) is 0 Å². The molecule has 1 amide bonds. The molecule has 0 radical (unpaired) electrons. The Bertz CT molecular complexity index is 735. The lowest BCUT2D eigenvalue weighted by atomic mass is 9.94. The van der Waals surface area contributed by atoms with Gasteiger partial charge in [0, 0.05) is 29.7 Å². The number of carboxylic acids is 1. The molecule has 1 aromatic rings. The van der Waals surface area contributed by atoms with E-state index < -0.39 is 17.9 Å². The van der Waals surface area contributed by atoms with Crippen molar-refractivity contribution >= 4 is 23.4 Å². The normalized spacial score (nSPS) is 17.8. The number of nitrogens with zero attached hydrogens (tertiary/aromatic N) is 1. The van der Waals surface area contributed by atoms with Crippen LogP contribution < -0.4 is 0 Å². The summed E-state index contributed by atoms with van der Waals surface area (Å²) in [6, 6.07) is 7.54. The number of hydrogen-bond donors (Lipinski definition) is 1. The highest BCUT2D eigenvalue weighted by molar-refractivity contribution is 6.15. The molecule has 6 nitrogen and oxygen atoms in total. The van der Waals surface area contributed by atoms with Crippen LogP contribution in [0.4, 0.5) is 0 Å². The monoisotopic (exact) mass is 343 g/mol. The Kier molecular flexibility index (Phi) is 5.85. The van der Waals surface area contributed by atoms with Crippen molar-refractivity contribution in [1.29, 1.82) is 0 Å². The minimum absolute atomic E-state index is 0.125. The lowest BCUT2D eigenvalue weighted by Crippen LogP contribution is -2.41. The summed E-state index contributed by atoms with van der Waals surface area (Å²) in [5.41, 5.74) is 0.652. The smallest absolute Gasteiger partial charge is 0.326 e. The standard InChI is InChI=1S/C19H21NO5/c1-12(21)11-15(17(22)14-7-4-3-5-8-14)13(2)18(23)20-10-6-9-16(20)19(24)25/h3-5,7-8,16H,6,9-11H2,1-2H3,(H,24,25)/b15-13+/t16-/m0/s1. The number of hydrogen-bond acceptors (Lipinski definition) is 4. The maximum absolute atomic E-state index is 12.8. The van der Waals surface area contributed by atoms with Crippen LogP contribution >= 0.6 is 0 Å². The molecular formula is C19H21NO5. The second-order valence-corrected chi connectivity index (χ2v) is 6.17. The van der Waals surface area contributed by atoms with Gasteiger partial charge in [0.2, 0.25) is 0 Å². The minimum Gasteiger partial charge on any atom is -0.480 e. The Morgan fingerprint density at radius 1 is 1.12 bits per heavy atom. The van der Waals surface area contributed by atoms with E-state index in [1.54, 1.807) is 30.3 Å². The summed E-state index contributed by atoms with van der Waals surface area (Å²) in [7, 11) is 0. The first-order chi connectivity index (χ1) is 11.8. The molecule has 1 atom stereocenters. The summed E-state index contributed by atoms with van der Waals surface area (Å²) in [5.74, 6) is -2.16. The summed E-state index contributed by atoms with van der Waals surface area (Å²) in [5, 5.41) is 9.25. The molecule has 0 saturated carbocycles. The summed E-state index contributed by atoms with van der Waals surface area (Å²) in [6.45, 7) is 3.17. The quantitative estimate of drug-likeness (QED) is 0.632. The minimum atomic E-state index is -1.05. The van der Waals surface area contributed by atoms with Crippen LogP contribution in [0.3, 0.4) is 0 Å². The number of aliphatic carboxylic acids is 1. The van der Waals surface area contributed by atoms with Gasteiger partial charge in [-0.25, -0.2) is 4.79 Å². The Morgan fingerprint density at radius 2 is 1.76 bits per heavy atom. The molecule has 0 aliphatic carbocycles. The van der Waals surface area contributed by atoms with E-state index in [2.05, 4.69) is 0 Å². The van der Waals surface area contributed by atoms with Gasteiger partial charge in [-0.15, -0.1) is 0 Å². The van der Waals surface area contributed by atoms with E-state index in [4.69, 9.17) is 0 Å². The molecule has 1 fully saturated rings. The molecule has 0 unspecified atom stereocenters. The van der Waals surface area contributed by atoms with E-state index in [9.17, 15) is 24.3 Å². The number of ketones is 2. The van der Waals surface area contributed by atoms with Gasteiger partial charge in [-0.2, -0.15) is 0 Å². The number of allylic oxidation sites excluding steroid dienone is 1. The van der Waals surface area contributed by atoms with Gasteiger partial charge in [-0.1, -0.05) is 30.3 Å². The highest BCUT2D eigenvalue weighted by Gasteiger charge is 2.35. The highest BCUT2D eigenvalue weighted by atomic mass is 16.4. The van der Waals surface area contributed by atoms with E-state index in [0.29, 0.717) is 24.9 Å². The van der Waals surface area contributed by atoms with E-state index in [1.807, 2.05) is 0 Å². The van der Waals surface area contributed by atoms with Crippen molar-refractivity contribution < 1.29 is 24.3 Å². The molecule has 2 rings (SSSR count). The van der Waals surface area contributed by atoms with Crippen LogP contribution in [0, 0.1) is 0 Å². The first-order valence-corrected chi connectivity index (χ1v) is 8.15. The molecule has 1 aliphatic rings. The zero-order valence-corrected chi connectivity index (χ0v) is 14.3. The fourth-order valence-corrected chi connectivity index (χ4v) is 3.01. The van der Waals surface area contributed by atoms with Crippen LogP contribution in [0.25, 0.3) is 0 Å². The fraction of sp³-hybridized carbons (Fsp3) is 0.368. The van der Waals surface area contributed by atoms with Crippen LogP contribution in [0.2, 0.25) is 0 Å². The van der Waals surface area contributed by atoms with Crippen molar-refractivity contribution in [3.8, 4) is 0 Å². The predicted molar refractivity (Wildman–Crippen MR) is 91.1 cm³/mol. The summed E-state index contributed by atoms with van der Waals surface area (Å²) in [4.78, 5) is 49.7. The van der Waals surface area contributed by atoms with E-state index >= 15 is 0 Å². The van der Waals surface area contributed by atoms with Crippen LogP contribution in [0.1, 0.15) is 43.5 Å². The third kappa shape index (κ3) is 4.21. The first kappa shape index (κ1) is 18.6. The number of amides is 1. The Labute approximate surface area is 146 Å². The number of benzene rings is 1. The van der Waals surface area contributed by atoms with Crippen molar-refractivity contribution in [2.24, 2.45) is 0 Å². The van der Waals surface area contributed by atoms with Gasteiger partial charge < -0.3 is 10.0 Å². The Hall–Kier alpha value is -2.76. The molecule has 6 heteroatoms. The van der Waals surface area contributed by atoms with Gasteiger partial charge in [-0.3, -0.25) is 14.4 Å². The lowest BCUT2D eigenvalue weighted by molar-refractivity contribution is -0.146. The molecule has 1 saturated heterocycles. The summed E-state index contributed by atoms with van der Waals surface area (Å²) >= 11 is 0. The average Bonchev–Trinajstić information content (AvgIpc) is 3.08. The molecule has 0 aromatic heterocycles. The number of rotatable bonds is 6. The zero-order valence-electron chi connectivity index (χ0n) is 14.3. The molecule has 0 bridgehead atoms. The van der Waals surface area contributed by atoms with Gasteiger partial charge in [0.15, 0.2) is 5.78 Å². The zero-order chi connectivity index (χ0) is 18.6. The highest BCUT2D eigenvalue weighted by Crippen LogP contribution is 2.23. The molecular weight excluding hydrogens is 322 g/mol. The lowest BCUT2D eigenvalue weighted by Gasteiger charge is -2.23. The number of carboxylic acid groups (broad SMARTS) is 1. The van der Waals surface area contributed by atoms with Crippen LogP contribution in [0.15, 0.2) is 41.5 Å².